The standard InChI is InChI=1S/C18H22N4O3/c1-13-3-4-15(9-14(13)2)18(24)20-16-10-19-22(11-16)12-17(23)21-5-7-25-8-6-21/h3-4,9-11H,5-8,12H2,1-2H3,(H,20,24). The van der Waals surface area contributed by atoms with Gasteiger partial charge in [0.15, 0.2) is 0 Å². The minimum absolute atomic E-state index is 0.00145. The Morgan fingerprint density at radius 1 is 1.20 bits per heavy atom. The third kappa shape index (κ3) is 4.24. The van der Waals surface area contributed by atoms with Gasteiger partial charge >= 0.3 is 0 Å². The molecule has 0 radical (unpaired) electrons. The minimum atomic E-state index is -0.192. The molecule has 1 aromatic carbocycles. The number of aryl methyl sites for hydroxylation is 2. The summed E-state index contributed by atoms with van der Waals surface area (Å²) in [6.45, 7) is 6.49. The van der Waals surface area contributed by atoms with Crippen molar-refractivity contribution in [1.29, 1.82) is 0 Å². The Kier molecular flexibility index (Phi) is 5.14. The Bertz CT molecular complexity index is 778. The molecule has 2 heterocycles. The molecule has 1 aliphatic rings. The van der Waals surface area contributed by atoms with Crippen LogP contribution in [0.2, 0.25) is 0 Å². The van der Waals surface area contributed by atoms with E-state index in [0.29, 0.717) is 37.6 Å². The van der Waals surface area contributed by atoms with E-state index in [9.17, 15) is 9.59 Å². The molecule has 132 valence electrons. The van der Waals surface area contributed by atoms with Crippen LogP contribution in [0.5, 0.6) is 0 Å². The number of morpholine rings is 1. The SMILES string of the molecule is Cc1ccc(C(=O)Nc2cnn(CC(=O)N3CCOCC3)c2)cc1C. The molecule has 3 rings (SSSR count). The number of anilines is 1. The molecule has 1 aromatic heterocycles. The number of carbonyl (C=O) groups excluding carboxylic acids is 2. The van der Waals surface area contributed by atoms with Gasteiger partial charge in [0.1, 0.15) is 6.54 Å². The average molecular weight is 342 g/mol. The van der Waals surface area contributed by atoms with E-state index in [1.54, 1.807) is 23.4 Å². The minimum Gasteiger partial charge on any atom is -0.378 e. The van der Waals surface area contributed by atoms with E-state index in [1.165, 1.54) is 4.68 Å². The topological polar surface area (TPSA) is 76.5 Å². The Labute approximate surface area is 146 Å². The van der Waals surface area contributed by atoms with Gasteiger partial charge in [0.25, 0.3) is 5.91 Å². The lowest BCUT2D eigenvalue weighted by Gasteiger charge is -2.26. The van der Waals surface area contributed by atoms with Gasteiger partial charge in [-0.2, -0.15) is 5.10 Å². The van der Waals surface area contributed by atoms with Crippen LogP contribution in [-0.2, 0) is 16.1 Å². The Morgan fingerprint density at radius 3 is 2.68 bits per heavy atom. The molecule has 0 saturated carbocycles. The van der Waals surface area contributed by atoms with Crippen LogP contribution in [0.1, 0.15) is 21.5 Å². The predicted molar refractivity (Wildman–Crippen MR) is 93.5 cm³/mol. The maximum atomic E-state index is 12.3. The van der Waals surface area contributed by atoms with Gasteiger partial charge in [-0.1, -0.05) is 6.07 Å². The molecule has 0 spiro atoms. The second-order valence-electron chi connectivity index (χ2n) is 6.17. The number of amides is 2. The first-order valence-corrected chi connectivity index (χ1v) is 8.29. The zero-order valence-corrected chi connectivity index (χ0v) is 14.5. The molecule has 2 amide bonds. The van der Waals surface area contributed by atoms with E-state index >= 15 is 0 Å². The van der Waals surface area contributed by atoms with E-state index < -0.39 is 0 Å². The van der Waals surface area contributed by atoms with Crippen LogP contribution < -0.4 is 5.32 Å². The van der Waals surface area contributed by atoms with Crippen LogP contribution >= 0.6 is 0 Å². The molecule has 1 aliphatic heterocycles. The number of ether oxygens (including phenoxy) is 1. The average Bonchev–Trinajstić information content (AvgIpc) is 3.04. The van der Waals surface area contributed by atoms with E-state index in [1.807, 2.05) is 26.0 Å². The van der Waals surface area contributed by atoms with Crippen LogP contribution in [-0.4, -0.2) is 52.8 Å². The van der Waals surface area contributed by atoms with Crippen LogP contribution in [0.15, 0.2) is 30.6 Å². The van der Waals surface area contributed by atoms with Gasteiger partial charge < -0.3 is 15.0 Å². The number of benzene rings is 1. The van der Waals surface area contributed by atoms with Gasteiger partial charge in [-0.3, -0.25) is 14.3 Å². The molecule has 0 aliphatic carbocycles. The molecule has 1 saturated heterocycles. The summed E-state index contributed by atoms with van der Waals surface area (Å²) in [6, 6.07) is 5.58. The summed E-state index contributed by atoms with van der Waals surface area (Å²) in [4.78, 5) is 26.3. The smallest absolute Gasteiger partial charge is 0.255 e. The van der Waals surface area contributed by atoms with Gasteiger partial charge in [0.05, 0.1) is 25.1 Å². The van der Waals surface area contributed by atoms with E-state index in [4.69, 9.17) is 4.74 Å². The third-order valence-electron chi connectivity index (χ3n) is 4.32. The van der Waals surface area contributed by atoms with Crippen molar-refractivity contribution >= 4 is 17.5 Å². The van der Waals surface area contributed by atoms with Crippen molar-refractivity contribution < 1.29 is 14.3 Å². The highest BCUT2D eigenvalue weighted by atomic mass is 16.5. The lowest BCUT2D eigenvalue weighted by Crippen LogP contribution is -2.42. The Hall–Kier alpha value is -2.67. The predicted octanol–water partition coefficient (Wildman–Crippen LogP) is 1.61. The zero-order chi connectivity index (χ0) is 17.8. The quantitative estimate of drug-likeness (QED) is 0.916. The summed E-state index contributed by atoms with van der Waals surface area (Å²) in [5, 5.41) is 6.96. The van der Waals surface area contributed by atoms with Gasteiger partial charge in [0, 0.05) is 24.8 Å². The highest BCUT2D eigenvalue weighted by molar-refractivity contribution is 6.04. The van der Waals surface area contributed by atoms with Crippen LogP contribution in [0.3, 0.4) is 0 Å². The summed E-state index contributed by atoms with van der Waals surface area (Å²) in [7, 11) is 0. The second-order valence-corrected chi connectivity index (χ2v) is 6.17. The second kappa shape index (κ2) is 7.48. The fourth-order valence-corrected chi connectivity index (χ4v) is 2.65. The van der Waals surface area contributed by atoms with Gasteiger partial charge in [0.2, 0.25) is 5.91 Å². The fourth-order valence-electron chi connectivity index (χ4n) is 2.65. The molecule has 0 bridgehead atoms. The number of nitrogens with zero attached hydrogens (tertiary/aromatic N) is 3. The molecule has 1 N–H and O–H groups in total. The molecule has 7 nitrogen and oxygen atoms in total. The number of aromatic nitrogens is 2. The largest absolute Gasteiger partial charge is 0.378 e. The molecule has 2 aromatic rings. The zero-order valence-electron chi connectivity index (χ0n) is 14.5. The van der Waals surface area contributed by atoms with E-state index in [-0.39, 0.29) is 18.4 Å². The summed E-state index contributed by atoms with van der Waals surface area (Å²) in [6.07, 6.45) is 3.21. The molecule has 25 heavy (non-hydrogen) atoms. The van der Waals surface area contributed by atoms with Crippen LogP contribution in [0.4, 0.5) is 5.69 Å². The van der Waals surface area contributed by atoms with Crippen molar-refractivity contribution in [2.24, 2.45) is 0 Å². The van der Waals surface area contributed by atoms with Gasteiger partial charge in [-0.05, 0) is 37.1 Å². The number of hydrogen-bond acceptors (Lipinski definition) is 4. The maximum absolute atomic E-state index is 12.3. The highest BCUT2D eigenvalue weighted by Gasteiger charge is 2.17. The van der Waals surface area contributed by atoms with Crippen molar-refractivity contribution in [3.8, 4) is 0 Å². The van der Waals surface area contributed by atoms with Crippen molar-refractivity contribution in [1.82, 2.24) is 14.7 Å². The van der Waals surface area contributed by atoms with E-state index in [0.717, 1.165) is 11.1 Å². The number of hydrogen-bond donors (Lipinski definition) is 1. The summed E-state index contributed by atoms with van der Waals surface area (Å²) in [5.74, 6) is -0.194. The molecular weight excluding hydrogens is 320 g/mol. The highest BCUT2D eigenvalue weighted by Crippen LogP contribution is 2.13. The molecule has 0 unspecified atom stereocenters. The number of rotatable bonds is 4. The summed E-state index contributed by atoms with van der Waals surface area (Å²) >= 11 is 0. The first kappa shape index (κ1) is 17.2. The van der Waals surface area contributed by atoms with Crippen LogP contribution in [0, 0.1) is 13.8 Å². The first-order chi connectivity index (χ1) is 12.0. The summed E-state index contributed by atoms with van der Waals surface area (Å²) in [5.41, 5.74) is 3.38. The molecular formula is C18H22N4O3. The van der Waals surface area contributed by atoms with Crippen molar-refractivity contribution in [2.45, 2.75) is 20.4 Å². The number of nitrogens with one attached hydrogen (secondary N) is 1. The molecule has 1 fully saturated rings. The van der Waals surface area contributed by atoms with Crippen molar-refractivity contribution in [2.75, 3.05) is 31.6 Å². The van der Waals surface area contributed by atoms with Gasteiger partial charge in [-0.15, -0.1) is 0 Å². The Morgan fingerprint density at radius 2 is 1.96 bits per heavy atom. The van der Waals surface area contributed by atoms with E-state index in [2.05, 4.69) is 10.4 Å². The van der Waals surface area contributed by atoms with Crippen LogP contribution in [0.25, 0.3) is 0 Å². The lowest BCUT2D eigenvalue weighted by molar-refractivity contribution is -0.136. The van der Waals surface area contributed by atoms with Crippen molar-refractivity contribution in [3.63, 3.8) is 0 Å². The van der Waals surface area contributed by atoms with Crippen molar-refractivity contribution in [3.05, 3.63) is 47.3 Å². The first-order valence-electron chi connectivity index (χ1n) is 8.29. The molecule has 0 atom stereocenters. The van der Waals surface area contributed by atoms with Gasteiger partial charge in [-0.25, -0.2) is 0 Å². The molecule has 7 heteroatoms. The summed E-state index contributed by atoms with van der Waals surface area (Å²) < 4.78 is 6.78. The Balaban J connectivity index is 1.60. The monoisotopic (exact) mass is 342 g/mol. The normalized spacial score (nSPS) is 14.4. The third-order valence-corrected chi connectivity index (χ3v) is 4.32. The lowest BCUT2D eigenvalue weighted by atomic mass is 10.1. The maximum Gasteiger partial charge on any atom is 0.255 e. The fraction of sp³-hybridized carbons (Fsp3) is 0.389. The number of carbonyl (C=O) groups is 2.